The Morgan fingerprint density at radius 1 is 1.10 bits per heavy atom. The zero-order valence-corrected chi connectivity index (χ0v) is 12.2. The van der Waals surface area contributed by atoms with Crippen molar-refractivity contribution in [3.05, 3.63) is 47.3 Å². The SMILES string of the molecule is COc1ccc(C(=O)NCc2ccc(C)nn2)cc1OC. The fourth-order valence-electron chi connectivity index (χ4n) is 1.77. The summed E-state index contributed by atoms with van der Waals surface area (Å²) in [6.45, 7) is 2.18. The maximum absolute atomic E-state index is 12.1. The second-order valence-electron chi connectivity index (χ2n) is 4.42. The molecule has 0 bridgehead atoms. The van der Waals surface area contributed by atoms with Crippen LogP contribution in [0.15, 0.2) is 30.3 Å². The summed E-state index contributed by atoms with van der Waals surface area (Å²) in [5.41, 5.74) is 2.03. The predicted octanol–water partition coefficient (Wildman–Crippen LogP) is 1.73. The molecule has 0 aliphatic rings. The zero-order valence-electron chi connectivity index (χ0n) is 12.2. The highest BCUT2D eigenvalue weighted by molar-refractivity contribution is 5.94. The van der Waals surface area contributed by atoms with Crippen molar-refractivity contribution in [3.63, 3.8) is 0 Å². The van der Waals surface area contributed by atoms with Crippen LogP contribution in [0.1, 0.15) is 21.7 Å². The van der Waals surface area contributed by atoms with E-state index in [0.29, 0.717) is 29.3 Å². The molecule has 0 atom stereocenters. The third kappa shape index (κ3) is 3.68. The van der Waals surface area contributed by atoms with Crippen LogP contribution in [0, 0.1) is 6.92 Å². The zero-order chi connectivity index (χ0) is 15.2. The molecule has 21 heavy (non-hydrogen) atoms. The average Bonchev–Trinajstić information content (AvgIpc) is 2.53. The molecule has 110 valence electrons. The lowest BCUT2D eigenvalue weighted by molar-refractivity contribution is 0.0950. The average molecular weight is 287 g/mol. The first-order valence-corrected chi connectivity index (χ1v) is 6.43. The van der Waals surface area contributed by atoms with Crippen LogP contribution < -0.4 is 14.8 Å². The molecule has 0 aliphatic carbocycles. The number of nitrogens with zero attached hydrogens (tertiary/aromatic N) is 2. The lowest BCUT2D eigenvalue weighted by Gasteiger charge is -2.09. The number of rotatable bonds is 5. The molecule has 1 aromatic carbocycles. The number of carbonyl (C=O) groups excluding carboxylic acids is 1. The van der Waals surface area contributed by atoms with Crippen molar-refractivity contribution in [1.29, 1.82) is 0 Å². The molecule has 0 unspecified atom stereocenters. The normalized spacial score (nSPS) is 10.0. The Balaban J connectivity index is 2.04. The molecule has 0 aliphatic heterocycles. The van der Waals surface area contributed by atoms with Crippen molar-refractivity contribution in [2.75, 3.05) is 14.2 Å². The topological polar surface area (TPSA) is 73.3 Å². The van der Waals surface area contributed by atoms with Crippen molar-refractivity contribution >= 4 is 5.91 Å². The maximum atomic E-state index is 12.1. The van der Waals surface area contributed by atoms with Gasteiger partial charge >= 0.3 is 0 Å². The number of nitrogens with one attached hydrogen (secondary N) is 1. The Bertz CT molecular complexity index is 627. The summed E-state index contributed by atoms with van der Waals surface area (Å²) in [5, 5.41) is 10.7. The van der Waals surface area contributed by atoms with Gasteiger partial charge < -0.3 is 14.8 Å². The van der Waals surface area contributed by atoms with Crippen LogP contribution in [0.25, 0.3) is 0 Å². The first-order chi connectivity index (χ1) is 10.1. The summed E-state index contributed by atoms with van der Waals surface area (Å²) in [5.74, 6) is 0.886. The first-order valence-electron chi connectivity index (χ1n) is 6.43. The number of aryl methyl sites for hydroxylation is 1. The van der Waals surface area contributed by atoms with Crippen molar-refractivity contribution in [3.8, 4) is 11.5 Å². The molecule has 0 saturated carbocycles. The highest BCUT2D eigenvalue weighted by Crippen LogP contribution is 2.27. The van der Waals surface area contributed by atoms with Gasteiger partial charge in [-0.25, -0.2) is 0 Å². The monoisotopic (exact) mass is 287 g/mol. The van der Waals surface area contributed by atoms with Gasteiger partial charge in [0, 0.05) is 5.56 Å². The van der Waals surface area contributed by atoms with Gasteiger partial charge in [0.25, 0.3) is 5.91 Å². The quantitative estimate of drug-likeness (QED) is 0.906. The number of amides is 1. The molecule has 2 rings (SSSR count). The van der Waals surface area contributed by atoms with Gasteiger partial charge in [0.15, 0.2) is 11.5 Å². The van der Waals surface area contributed by atoms with Crippen molar-refractivity contribution in [2.24, 2.45) is 0 Å². The van der Waals surface area contributed by atoms with Gasteiger partial charge in [0.05, 0.1) is 32.2 Å². The number of ether oxygens (including phenoxy) is 2. The van der Waals surface area contributed by atoms with E-state index in [1.165, 1.54) is 7.11 Å². The van der Waals surface area contributed by atoms with Gasteiger partial charge in [-0.05, 0) is 37.3 Å². The van der Waals surface area contributed by atoms with E-state index in [1.807, 2.05) is 19.1 Å². The minimum Gasteiger partial charge on any atom is -0.493 e. The number of methoxy groups -OCH3 is 2. The highest BCUT2D eigenvalue weighted by Gasteiger charge is 2.10. The van der Waals surface area contributed by atoms with E-state index in [0.717, 1.165) is 5.69 Å². The van der Waals surface area contributed by atoms with Gasteiger partial charge in [0.1, 0.15) is 0 Å². The Kier molecular flexibility index (Phi) is 4.71. The molecule has 2 aromatic rings. The molecule has 6 heteroatoms. The van der Waals surface area contributed by atoms with E-state index in [1.54, 1.807) is 25.3 Å². The van der Waals surface area contributed by atoms with Gasteiger partial charge in [-0.1, -0.05) is 0 Å². The van der Waals surface area contributed by atoms with Gasteiger partial charge in [-0.15, -0.1) is 0 Å². The third-order valence-electron chi connectivity index (χ3n) is 2.93. The lowest BCUT2D eigenvalue weighted by atomic mass is 10.2. The minimum atomic E-state index is -0.210. The molecular weight excluding hydrogens is 270 g/mol. The van der Waals surface area contributed by atoms with Crippen LogP contribution in [0.5, 0.6) is 11.5 Å². The predicted molar refractivity (Wildman–Crippen MR) is 77.5 cm³/mol. The molecule has 0 saturated heterocycles. The number of aromatic nitrogens is 2. The number of carbonyl (C=O) groups is 1. The van der Waals surface area contributed by atoms with E-state index >= 15 is 0 Å². The molecule has 1 heterocycles. The summed E-state index contributed by atoms with van der Waals surface area (Å²) in [6, 6.07) is 8.69. The summed E-state index contributed by atoms with van der Waals surface area (Å²) in [6.07, 6.45) is 0. The van der Waals surface area contributed by atoms with Crippen molar-refractivity contribution in [1.82, 2.24) is 15.5 Å². The Hall–Kier alpha value is -2.63. The molecule has 1 N–H and O–H groups in total. The Morgan fingerprint density at radius 3 is 2.48 bits per heavy atom. The van der Waals surface area contributed by atoms with Crippen molar-refractivity contribution < 1.29 is 14.3 Å². The summed E-state index contributed by atoms with van der Waals surface area (Å²) in [7, 11) is 3.08. The van der Waals surface area contributed by atoms with E-state index in [4.69, 9.17) is 9.47 Å². The van der Waals surface area contributed by atoms with Crippen LogP contribution in [-0.4, -0.2) is 30.3 Å². The minimum absolute atomic E-state index is 0.210. The molecule has 0 spiro atoms. The standard InChI is InChI=1S/C15H17N3O3/c1-10-4-6-12(18-17-10)9-16-15(19)11-5-7-13(20-2)14(8-11)21-3/h4-8H,9H2,1-3H3,(H,16,19). The van der Waals surface area contributed by atoms with Gasteiger partial charge in [-0.2, -0.15) is 10.2 Å². The largest absolute Gasteiger partial charge is 0.493 e. The maximum Gasteiger partial charge on any atom is 0.251 e. The van der Waals surface area contributed by atoms with E-state index < -0.39 is 0 Å². The van der Waals surface area contributed by atoms with Crippen LogP contribution in [0.3, 0.4) is 0 Å². The van der Waals surface area contributed by atoms with Crippen LogP contribution in [0.2, 0.25) is 0 Å². The lowest BCUT2D eigenvalue weighted by Crippen LogP contribution is -2.23. The number of benzene rings is 1. The second kappa shape index (κ2) is 6.69. The molecule has 6 nitrogen and oxygen atoms in total. The first kappa shape index (κ1) is 14.8. The van der Waals surface area contributed by atoms with Crippen molar-refractivity contribution in [2.45, 2.75) is 13.5 Å². The molecule has 1 amide bonds. The molecule has 0 radical (unpaired) electrons. The summed E-state index contributed by atoms with van der Waals surface area (Å²) < 4.78 is 10.3. The molecule has 1 aromatic heterocycles. The summed E-state index contributed by atoms with van der Waals surface area (Å²) >= 11 is 0. The van der Waals surface area contributed by atoms with Crippen LogP contribution in [-0.2, 0) is 6.54 Å². The highest BCUT2D eigenvalue weighted by atomic mass is 16.5. The summed E-state index contributed by atoms with van der Waals surface area (Å²) in [4.78, 5) is 12.1. The number of hydrogen-bond acceptors (Lipinski definition) is 5. The van der Waals surface area contributed by atoms with E-state index in [-0.39, 0.29) is 5.91 Å². The Morgan fingerprint density at radius 2 is 1.86 bits per heavy atom. The fourth-order valence-corrected chi connectivity index (χ4v) is 1.77. The van der Waals surface area contributed by atoms with Crippen LogP contribution >= 0.6 is 0 Å². The fraction of sp³-hybridized carbons (Fsp3) is 0.267. The third-order valence-corrected chi connectivity index (χ3v) is 2.93. The van der Waals surface area contributed by atoms with E-state index in [2.05, 4.69) is 15.5 Å². The van der Waals surface area contributed by atoms with Crippen LogP contribution in [0.4, 0.5) is 0 Å². The van der Waals surface area contributed by atoms with Gasteiger partial charge in [0.2, 0.25) is 0 Å². The van der Waals surface area contributed by atoms with Gasteiger partial charge in [-0.3, -0.25) is 4.79 Å². The van der Waals surface area contributed by atoms with E-state index in [9.17, 15) is 4.79 Å². The number of hydrogen-bond donors (Lipinski definition) is 1. The smallest absolute Gasteiger partial charge is 0.251 e. The molecule has 0 fully saturated rings. The second-order valence-corrected chi connectivity index (χ2v) is 4.42. The Labute approximate surface area is 123 Å². The molecular formula is C15H17N3O3.